The molecule has 3 aromatic carbocycles. The summed E-state index contributed by atoms with van der Waals surface area (Å²) in [6.45, 7) is 2.98. The molecule has 0 atom stereocenters. The van der Waals surface area contributed by atoms with E-state index in [0.717, 1.165) is 39.9 Å². The van der Waals surface area contributed by atoms with Gasteiger partial charge in [-0.1, -0.05) is 36.4 Å². The van der Waals surface area contributed by atoms with E-state index >= 15 is 0 Å². The highest BCUT2D eigenvalue weighted by Gasteiger charge is 2.37. The Kier molecular flexibility index (Phi) is 8.33. The Hall–Kier alpha value is -4.27. The monoisotopic (exact) mass is 563 g/mol. The average Bonchev–Trinajstić information content (AvgIpc) is 3.73. The van der Waals surface area contributed by atoms with Crippen LogP contribution in [0.25, 0.3) is 10.9 Å². The number of nitrogens with one attached hydrogen (secondary N) is 1. The first-order valence-corrected chi connectivity index (χ1v) is 13.8. The number of carbonyl (C=O) groups is 2. The minimum Gasteiger partial charge on any atom is -0.494 e. The zero-order valence-corrected chi connectivity index (χ0v) is 22.8. The summed E-state index contributed by atoms with van der Waals surface area (Å²) >= 11 is 0. The predicted molar refractivity (Wildman–Crippen MR) is 151 cm³/mol. The van der Waals surface area contributed by atoms with Gasteiger partial charge < -0.3 is 19.5 Å². The normalized spacial score (nSPS) is 13.3. The molecule has 0 bridgehead atoms. The van der Waals surface area contributed by atoms with E-state index in [9.17, 15) is 22.8 Å². The lowest BCUT2D eigenvalue weighted by molar-refractivity contribution is -0.137. The summed E-state index contributed by atoms with van der Waals surface area (Å²) in [5, 5.41) is 1.08. The molecule has 2 amide bonds. The van der Waals surface area contributed by atoms with Gasteiger partial charge in [0.2, 0.25) is 5.91 Å². The van der Waals surface area contributed by atoms with Gasteiger partial charge in [-0.05, 0) is 73.7 Å². The number of H-pyrrole nitrogens is 1. The third-order valence-corrected chi connectivity index (χ3v) is 7.28. The number of halogens is 3. The number of benzene rings is 3. The van der Waals surface area contributed by atoms with Crippen molar-refractivity contribution in [1.82, 2.24) is 14.8 Å². The van der Waals surface area contributed by atoms with Gasteiger partial charge in [0.15, 0.2) is 0 Å². The van der Waals surface area contributed by atoms with Crippen molar-refractivity contribution in [3.8, 4) is 5.75 Å². The molecule has 1 N–H and O–H groups in total. The molecule has 214 valence electrons. The summed E-state index contributed by atoms with van der Waals surface area (Å²) in [5.41, 5.74) is 2.03. The summed E-state index contributed by atoms with van der Waals surface area (Å²) in [4.78, 5) is 33.5. The molecule has 0 spiro atoms. The standard InChI is InChI=1S/C32H32F3N3O3/c1-2-41-27-14-10-22(11-15-27)20-37(17-16-24-19-36-29-9-4-3-8-28(24)29)30(39)21-38(26-12-13-26)31(40)23-6-5-7-25(18-23)32(33,34)35/h3-11,14-15,18-19,26,36H,2,12-13,16-17,20-21H2,1H3. The minimum absolute atomic E-state index is 0.0728. The van der Waals surface area contributed by atoms with Gasteiger partial charge in [-0.15, -0.1) is 0 Å². The number of hydrogen-bond acceptors (Lipinski definition) is 3. The van der Waals surface area contributed by atoms with Crippen molar-refractivity contribution in [1.29, 1.82) is 0 Å². The van der Waals surface area contributed by atoms with E-state index < -0.39 is 17.6 Å². The Balaban J connectivity index is 1.36. The van der Waals surface area contributed by atoms with Gasteiger partial charge in [0.05, 0.1) is 12.2 Å². The molecule has 1 heterocycles. The molecule has 41 heavy (non-hydrogen) atoms. The number of hydrogen-bond donors (Lipinski definition) is 1. The van der Waals surface area contributed by atoms with Crippen LogP contribution in [0.15, 0.2) is 79.0 Å². The van der Waals surface area contributed by atoms with Crippen LogP contribution in [0.5, 0.6) is 5.75 Å². The van der Waals surface area contributed by atoms with Crippen LogP contribution in [0.3, 0.4) is 0 Å². The second kappa shape index (κ2) is 12.1. The maximum Gasteiger partial charge on any atom is 0.416 e. The highest BCUT2D eigenvalue weighted by atomic mass is 19.4. The third-order valence-electron chi connectivity index (χ3n) is 7.28. The van der Waals surface area contributed by atoms with Crippen LogP contribution in [0, 0.1) is 0 Å². The van der Waals surface area contributed by atoms with E-state index in [1.165, 1.54) is 17.0 Å². The Labute approximate surface area is 236 Å². The summed E-state index contributed by atoms with van der Waals surface area (Å²) in [5.74, 6) is -0.0879. The molecule has 1 fully saturated rings. The van der Waals surface area contributed by atoms with Crippen LogP contribution in [-0.2, 0) is 23.9 Å². The molecule has 1 saturated carbocycles. The molecule has 0 aliphatic heterocycles. The van der Waals surface area contributed by atoms with Crippen molar-refractivity contribution in [2.75, 3.05) is 19.7 Å². The number of rotatable bonds is 11. The molecule has 5 rings (SSSR count). The topological polar surface area (TPSA) is 65.6 Å². The predicted octanol–water partition coefficient (Wildman–Crippen LogP) is 6.46. The minimum atomic E-state index is -4.56. The maximum atomic E-state index is 13.8. The maximum absolute atomic E-state index is 13.8. The lowest BCUT2D eigenvalue weighted by Gasteiger charge is -2.28. The Morgan fingerprint density at radius 3 is 2.46 bits per heavy atom. The molecule has 0 unspecified atom stereocenters. The number of ether oxygens (including phenoxy) is 1. The average molecular weight is 564 g/mol. The van der Waals surface area contributed by atoms with Gasteiger partial charge >= 0.3 is 6.18 Å². The second-order valence-electron chi connectivity index (χ2n) is 10.2. The van der Waals surface area contributed by atoms with Gasteiger partial charge in [-0.3, -0.25) is 9.59 Å². The highest BCUT2D eigenvalue weighted by molar-refractivity contribution is 5.97. The number of carbonyl (C=O) groups excluding carboxylic acids is 2. The fourth-order valence-corrected chi connectivity index (χ4v) is 4.96. The number of para-hydroxylation sites is 1. The lowest BCUT2D eigenvalue weighted by atomic mass is 10.1. The van der Waals surface area contributed by atoms with Crippen molar-refractivity contribution in [3.05, 3.63) is 101 Å². The van der Waals surface area contributed by atoms with Gasteiger partial charge in [0.25, 0.3) is 5.91 Å². The SMILES string of the molecule is CCOc1ccc(CN(CCc2c[nH]c3ccccc23)C(=O)CN(C(=O)c2cccc(C(F)(F)F)c2)C2CC2)cc1. The number of nitrogens with zero attached hydrogens (tertiary/aromatic N) is 2. The molecule has 1 aliphatic carbocycles. The number of aromatic amines is 1. The van der Waals surface area contributed by atoms with E-state index in [1.807, 2.05) is 61.7 Å². The third kappa shape index (κ3) is 6.90. The lowest BCUT2D eigenvalue weighted by Crippen LogP contribution is -2.44. The van der Waals surface area contributed by atoms with Gasteiger partial charge in [0.1, 0.15) is 12.3 Å². The largest absolute Gasteiger partial charge is 0.494 e. The number of aromatic nitrogens is 1. The fourth-order valence-electron chi connectivity index (χ4n) is 4.96. The van der Waals surface area contributed by atoms with Gasteiger partial charge in [-0.25, -0.2) is 0 Å². The smallest absolute Gasteiger partial charge is 0.416 e. The number of fused-ring (bicyclic) bond motifs is 1. The van der Waals surface area contributed by atoms with Crippen molar-refractivity contribution >= 4 is 22.7 Å². The summed E-state index contributed by atoms with van der Waals surface area (Å²) in [7, 11) is 0. The van der Waals surface area contributed by atoms with Gasteiger partial charge in [0, 0.05) is 41.8 Å². The number of amides is 2. The summed E-state index contributed by atoms with van der Waals surface area (Å²) in [6.07, 6.45) is -0.596. The van der Waals surface area contributed by atoms with Gasteiger partial charge in [-0.2, -0.15) is 13.2 Å². The van der Waals surface area contributed by atoms with Crippen LogP contribution in [0.2, 0.25) is 0 Å². The molecule has 1 aliphatic rings. The molecule has 0 saturated heterocycles. The van der Waals surface area contributed by atoms with Crippen molar-refractivity contribution in [2.45, 2.75) is 44.9 Å². The van der Waals surface area contributed by atoms with Crippen LogP contribution < -0.4 is 4.74 Å². The van der Waals surface area contributed by atoms with E-state index in [4.69, 9.17) is 4.74 Å². The molecule has 4 aromatic rings. The number of alkyl halides is 3. The van der Waals surface area contributed by atoms with Crippen molar-refractivity contribution in [3.63, 3.8) is 0 Å². The first kappa shape index (κ1) is 28.3. The molecular weight excluding hydrogens is 531 g/mol. The van der Waals surface area contributed by atoms with Crippen LogP contribution in [-0.4, -0.2) is 52.3 Å². The zero-order chi connectivity index (χ0) is 29.0. The molecule has 0 radical (unpaired) electrons. The van der Waals surface area contributed by atoms with E-state index in [2.05, 4.69) is 4.98 Å². The first-order chi connectivity index (χ1) is 19.7. The Morgan fingerprint density at radius 1 is 1.00 bits per heavy atom. The van der Waals surface area contributed by atoms with E-state index in [-0.39, 0.29) is 24.1 Å². The molecular formula is C32H32F3N3O3. The second-order valence-corrected chi connectivity index (χ2v) is 10.2. The van der Waals surface area contributed by atoms with Crippen molar-refractivity contribution < 1.29 is 27.5 Å². The fraction of sp³-hybridized carbons (Fsp3) is 0.312. The van der Waals surface area contributed by atoms with Crippen molar-refractivity contribution in [2.24, 2.45) is 0 Å². The van der Waals surface area contributed by atoms with Crippen LogP contribution in [0.1, 0.15) is 46.8 Å². The Morgan fingerprint density at radius 2 is 1.76 bits per heavy atom. The first-order valence-electron chi connectivity index (χ1n) is 13.8. The zero-order valence-electron chi connectivity index (χ0n) is 22.8. The molecule has 1 aromatic heterocycles. The van der Waals surface area contributed by atoms with E-state index in [1.54, 1.807) is 4.90 Å². The quantitative estimate of drug-likeness (QED) is 0.228. The van der Waals surface area contributed by atoms with Crippen LogP contribution in [0.4, 0.5) is 13.2 Å². The molecule has 9 heteroatoms. The van der Waals surface area contributed by atoms with Crippen LogP contribution >= 0.6 is 0 Å². The Bertz CT molecular complexity index is 1510. The molecule has 6 nitrogen and oxygen atoms in total. The summed E-state index contributed by atoms with van der Waals surface area (Å²) in [6, 6.07) is 19.7. The highest BCUT2D eigenvalue weighted by Crippen LogP contribution is 2.32. The van der Waals surface area contributed by atoms with E-state index in [0.29, 0.717) is 39.0 Å². The summed E-state index contributed by atoms with van der Waals surface area (Å²) < 4.78 is 45.4.